The summed E-state index contributed by atoms with van der Waals surface area (Å²) >= 11 is 11.7. The summed E-state index contributed by atoms with van der Waals surface area (Å²) in [4.78, 5) is 0. The van der Waals surface area contributed by atoms with Gasteiger partial charge in [0.05, 0.1) is 15.6 Å². The van der Waals surface area contributed by atoms with Gasteiger partial charge in [0.15, 0.2) is 5.75 Å². The fourth-order valence-corrected chi connectivity index (χ4v) is 2.21. The van der Waals surface area contributed by atoms with Gasteiger partial charge in [-0.2, -0.15) is 13.2 Å². The first kappa shape index (κ1) is 15.8. The van der Waals surface area contributed by atoms with E-state index in [1.165, 1.54) is 24.3 Å². The molecule has 0 fully saturated rings. The number of halogens is 5. The largest absolute Gasteiger partial charge is 0.508 e. The Morgan fingerprint density at radius 1 is 1.00 bits per heavy atom. The van der Waals surface area contributed by atoms with Gasteiger partial charge in [-0.25, -0.2) is 0 Å². The van der Waals surface area contributed by atoms with Crippen molar-refractivity contribution in [1.82, 2.24) is 0 Å². The molecule has 0 aliphatic rings. The maximum atomic E-state index is 12.4. The molecule has 0 saturated heterocycles. The van der Waals surface area contributed by atoms with E-state index in [2.05, 4.69) is 0 Å². The summed E-state index contributed by atoms with van der Waals surface area (Å²) < 4.78 is 42.7. The van der Waals surface area contributed by atoms with Crippen LogP contribution in [0, 0.1) is 0 Å². The van der Waals surface area contributed by atoms with Crippen molar-refractivity contribution in [2.24, 2.45) is 0 Å². The number of aromatic hydroxyl groups is 1. The predicted octanol–water partition coefficient (Wildman–Crippen LogP) is 5.30. The summed E-state index contributed by atoms with van der Waals surface area (Å²) in [5, 5.41) is 9.51. The number of benzene rings is 2. The molecule has 0 aliphatic carbocycles. The second-order valence-electron chi connectivity index (χ2n) is 4.22. The van der Waals surface area contributed by atoms with Gasteiger partial charge in [-0.1, -0.05) is 35.3 Å². The lowest BCUT2D eigenvalue weighted by Gasteiger charge is -2.11. The van der Waals surface area contributed by atoms with Gasteiger partial charge in [0, 0.05) is 12.1 Å². The molecule has 0 heterocycles. The SMILES string of the molecule is Oc1cc(Cl)c(OCc2ccc(C(F)(F)F)cc2)c(Cl)c1. The first-order chi connectivity index (χ1) is 9.77. The molecule has 0 spiro atoms. The van der Waals surface area contributed by atoms with Crippen LogP contribution in [-0.4, -0.2) is 5.11 Å². The van der Waals surface area contributed by atoms with Gasteiger partial charge in [0.2, 0.25) is 0 Å². The number of rotatable bonds is 3. The Kier molecular flexibility index (Phi) is 4.54. The van der Waals surface area contributed by atoms with Crippen LogP contribution in [0.2, 0.25) is 10.0 Å². The van der Waals surface area contributed by atoms with Gasteiger partial charge >= 0.3 is 6.18 Å². The van der Waals surface area contributed by atoms with Crippen LogP contribution >= 0.6 is 23.2 Å². The number of hydrogen-bond acceptors (Lipinski definition) is 2. The fourth-order valence-electron chi connectivity index (χ4n) is 1.63. The van der Waals surface area contributed by atoms with E-state index >= 15 is 0 Å². The molecule has 21 heavy (non-hydrogen) atoms. The third kappa shape index (κ3) is 3.95. The quantitative estimate of drug-likeness (QED) is 0.824. The molecule has 0 atom stereocenters. The van der Waals surface area contributed by atoms with Crippen molar-refractivity contribution < 1.29 is 23.0 Å². The number of ether oxygens (including phenoxy) is 1. The van der Waals surface area contributed by atoms with E-state index in [0.717, 1.165) is 12.1 Å². The average Bonchev–Trinajstić information content (AvgIpc) is 2.37. The number of phenolic OH excluding ortho intramolecular Hbond substituents is 1. The van der Waals surface area contributed by atoms with Crippen LogP contribution in [0.4, 0.5) is 13.2 Å². The molecule has 2 aromatic carbocycles. The Balaban J connectivity index is 2.10. The van der Waals surface area contributed by atoms with E-state index < -0.39 is 11.7 Å². The van der Waals surface area contributed by atoms with E-state index in [1.54, 1.807) is 0 Å². The minimum Gasteiger partial charge on any atom is -0.508 e. The molecule has 0 aliphatic heterocycles. The maximum absolute atomic E-state index is 12.4. The Labute approximate surface area is 128 Å². The zero-order chi connectivity index (χ0) is 15.6. The highest BCUT2D eigenvalue weighted by molar-refractivity contribution is 6.37. The topological polar surface area (TPSA) is 29.5 Å². The molecule has 2 nitrogen and oxygen atoms in total. The molecule has 0 unspecified atom stereocenters. The molecule has 0 radical (unpaired) electrons. The van der Waals surface area contributed by atoms with E-state index in [1.807, 2.05) is 0 Å². The minimum absolute atomic E-state index is 0.00233. The van der Waals surface area contributed by atoms with E-state index in [4.69, 9.17) is 27.9 Å². The van der Waals surface area contributed by atoms with Crippen molar-refractivity contribution in [3.63, 3.8) is 0 Å². The van der Waals surface area contributed by atoms with Gasteiger partial charge < -0.3 is 9.84 Å². The highest BCUT2D eigenvalue weighted by Gasteiger charge is 2.29. The molecule has 0 saturated carbocycles. The van der Waals surface area contributed by atoms with Gasteiger partial charge in [0.1, 0.15) is 12.4 Å². The van der Waals surface area contributed by atoms with Crippen molar-refractivity contribution in [2.45, 2.75) is 12.8 Å². The summed E-state index contributed by atoms with van der Waals surface area (Å²) in [6, 6.07) is 7.08. The third-order valence-electron chi connectivity index (χ3n) is 2.65. The van der Waals surface area contributed by atoms with Crippen LogP contribution in [0.15, 0.2) is 36.4 Å². The molecule has 7 heteroatoms. The summed E-state index contributed by atoms with van der Waals surface area (Å²) in [5.74, 6) is 0.0583. The molecule has 1 N–H and O–H groups in total. The van der Waals surface area contributed by atoms with Crippen LogP contribution < -0.4 is 4.74 Å². The first-order valence-corrected chi connectivity index (χ1v) is 6.50. The van der Waals surface area contributed by atoms with Crippen molar-refractivity contribution >= 4 is 23.2 Å². The summed E-state index contributed by atoms with van der Waals surface area (Å²) in [5.41, 5.74) is -0.199. The molecule has 2 aromatic rings. The van der Waals surface area contributed by atoms with E-state index in [-0.39, 0.29) is 28.2 Å². The summed E-state index contributed by atoms with van der Waals surface area (Å²) in [6.45, 7) is 0.00233. The van der Waals surface area contributed by atoms with Crippen LogP contribution in [0.3, 0.4) is 0 Å². The Morgan fingerprint density at radius 3 is 2.00 bits per heavy atom. The van der Waals surface area contributed by atoms with E-state index in [9.17, 15) is 18.3 Å². The molecular formula is C14H9Cl2F3O2. The standard InChI is InChI=1S/C14H9Cl2F3O2/c15-11-5-10(20)6-12(16)13(11)21-7-8-1-3-9(4-2-8)14(17,18)19/h1-6,20H,7H2. The van der Waals surface area contributed by atoms with Crippen molar-refractivity contribution in [3.8, 4) is 11.5 Å². The smallest absolute Gasteiger partial charge is 0.416 e. The molecule has 2 rings (SSSR count). The molecular weight excluding hydrogens is 328 g/mol. The van der Waals surface area contributed by atoms with Crippen molar-refractivity contribution in [1.29, 1.82) is 0 Å². The fraction of sp³-hybridized carbons (Fsp3) is 0.143. The first-order valence-electron chi connectivity index (χ1n) is 5.74. The Hall–Kier alpha value is -1.59. The minimum atomic E-state index is -4.37. The Morgan fingerprint density at radius 2 is 1.52 bits per heavy atom. The summed E-state index contributed by atoms with van der Waals surface area (Å²) in [7, 11) is 0. The zero-order valence-electron chi connectivity index (χ0n) is 10.4. The number of phenols is 1. The van der Waals surface area contributed by atoms with Crippen LogP contribution in [0.25, 0.3) is 0 Å². The molecule has 0 amide bonds. The lowest BCUT2D eigenvalue weighted by molar-refractivity contribution is -0.137. The monoisotopic (exact) mass is 336 g/mol. The van der Waals surface area contributed by atoms with Gasteiger partial charge in [-0.15, -0.1) is 0 Å². The molecule has 0 aromatic heterocycles. The van der Waals surface area contributed by atoms with Crippen molar-refractivity contribution in [2.75, 3.05) is 0 Å². The van der Waals surface area contributed by atoms with E-state index in [0.29, 0.717) is 5.56 Å². The van der Waals surface area contributed by atoms with Crippen LogP contribution in [-0.2, 0) is 12.8 Å². The molecule has 112 valence electrons. The number of hydrogen-bond donors (Lipinski definition) is 1. The predicted molar refractivity (Wildman–Crippen MR) is 73.9 cm³/mol. The third-order valence-corrected chi connectivity index (χ3v) is 3.21. The summed E-state index contributed by atoms with van der Waals surface area (Å²) in [6.07, 6.45) is -4.37. The highest BCUT2D eigenvalue weighted by Crippen LogP contribution is 2.37. The van der Waals surface area contributed by atoms with Gasteiger partial charge in [-0.3, -0.25) is 0 Å². The van der Waals surface area contributed by atoms with Gasteiger partial charge in [-0.05, 0) is 17.7 Å². The second kappa shape index (κ2) is 6.03. The van der Waals surface area contributed by atoms with Gasteiger partial charge in [0.25, 0.3) is 0 Å². The van der Waals surface area contributed by atoms with Crippen LogP contribution in [0.1, 0.15) is 11.1 Å². The second-order valence-corrected chi connectivity index (χ2v) is 5.04. The van der Waals surface area contributed by atoms with Crippen molar-refractivity contribution in [3.05, 3.63) is 57.6 Å². The Bertz CT molecular complexity index is 617. The molecule has 0 bridgehead atoms. The lowest BCUT2D eigenvalue weighted by atomic mass is 10.1. The normalized spacial score (nSPS) is 11.5. The zero-order valence-corrected chi connectivity index (χ0v) is 11.9. The maximum Gasteiger partial charge on any atom is 0.416 e. The van der Waals surface area contributed by atoms with Crippen LogP contribution in [0.5, 0.6) is 11.5 Å². The highest BCUT2D eigenvalue weighted by atomic mass is 35.5. The average molecular weight is 337 g/mol. The number of alkyl halides is 3. The lowest BCUT2D eigenvalue weighted by Crippen LogP contribution is -2.05.